The van der Waals surface area contributed by atoms with Gasteiger partial charge in [0.25, 0.3) is 0 Å². The van der Waals surface area contributed by atoms with E-state index in [4.69, 9.17) is 4.98 Å². The van der Waals surface area contributed by atoms with E-state index in [1.54, 1.807) is 0 Å². The molecule has 0 radical (unpaired) electrons. The van der Waals surface area contributed by atoms with Gasteiger partial charge < -0.3 is 9.67 Å². The number of pyridine rings is 1. The third kappa shape index (κ3) is 2.90. The Balaban J connectivity index is 1.77. The molecule has 0 aliphatic heterocycles. The molecule has 2 atom stereocenters. The predicted molar refractivity (Wildman–Crippen MR) is 112 cm³/mol. The Labute approximate surface area is 164 Å². The second-order valence-electron chi connectivity index (χ2n) is 7.51. The molecule has 2 aromatic carbocycles. The van der Waals surface area contributed by atoms with Crippen molar-refractivity contribution in [2.45, 2.75) is 37.8 Å². The van der Waals surface area contributed by atoms with E-state index in [-0.39, 0.29) is 12.1 Å². The number of hydrogen-bond acceptors (Lipinski definition) is 3. The summed E-state index contributed by atoms with van der Waals surface area (Å²) in [4.78, 5) is 9.34. The van der Waals surface area contributed by atoms with Gasteiger partial charge in [-0.05, 0) is 25.0 Å². The maximum atomic E-state index is 10.7. The first-order valence-electron chi connectivity index (χ1n) is 9.97. The average molecular weight is 369 g/mol. The number of rotatable bonds is 3. The fourth-order valence-electron chi connectivity index (χ4n) is 4.41. The van der Waals surface area contributed by atoms with Crippen molar-refractivity contribution >= 4 is 10.9 Å². The number of imidazole rings is 1. The van der Waals surface area contributed by atoms with Gasteiger partial charge in [0.1, 0.15) is 0 Å². The lowest BCUT2D eigenvalue weighted by Crippen LogP contribution is -2.27. The van der Waals surface area contributed by atoms with Crippen LogP contribution in [0.5, 0.6) is 0 Å². The third-order valence-corrected chi connectivity index (χ3v) is 5.79. The molecule has 0 unspecified atom stereocenters. The molecular weight excluding hydrogens is 346 g/mol. The van der Waals surface area contributed by atoms with Crippen LogP contribution in [0, 0.1) is 0 Å². The van der Waals surface area contributed by atoms with Gasteiger partial charge in [-0.15, -0.1) is 0 Å². The topological polar surface area (TPSA) is 50.9 Å². The smallest absolute Gasteiger partial charge is 0.0963 e. The zero-order valence-electron chi connectivity index (χ0n) is 15.7. The van der Waals surface area contributed by atoms with E-state index in [9.17, 15) is 5.11 Å². The Bertz CT molecular complexity index is 1100. The SMILES string of the molecule is O[C@H]1CCCC[C@@H]1n1cnc(-c2ccccc2)c1-c1cccc2ncccc12. The van der Waals surface area contributed by atoms with Crippen LogP contribution in [0.2, 0.25) is 0 Å². The molecule has 1 N–H and O–H groups in total. The summed E-state index contributed by atoms with van der Waals surface area (Å²) in [5.74, 6) is 0. The second kappa shape index (κ2) is 7.21. The summed E-state index contributed by atoms with van der Waals surface area (Å²) >= 11 is 0. The fourth-order valence-corrected chi connectivity index (χ4v) is 4.41. The van der Waals surface area contributed by atoms with E-state index in [0.29, 0.717) is 0 Å². The van der Waals surface area contributed by atoms with Gasteiger partial charge in [0.2, 0.25) is 0 Å². The molecule has 4 heteroatoms. The average Bonchev–Trinajstić information content (AvgIpc) is 3.19. The number of benzene rings is 2. The number of nitrogens with zero attached hydrogens (tertiary/aromatic N) is 3. The van der Waals surface area contributed by atoms with Gasteiger partial charge in [0, 0.05) is 22.7 Å². The number of hydrogen-bond donors (Lipinski definition) is 1. The van der Waals surface area contributed by atoms with E-state index in [2.05, 4.69) is 33.8 Å². The zero-order chi connectivity index (χ0) is 18.9. The maximum Gasteiger partial charge on any atom is 0.0963 e. The van der Waals surface area contributed by atoms with Crippen LogP contribution in [-0.4, -0.2) is 25.7 Å². The van der Waals surface area contributed by atoms with Gasteiger partial charge in [-0.1, -0.05) is 61.4 Å². The van der Waals surface area contributed by atoms with Crippen LogP contribution >= 0.6 is 0 Å². The molecule has 2 heterocycles. The van der Waals surface area contributed by atoms with Crippen molar-refractivity contribution in [1.82, 2.24) is 14.5 Å². The van der Waals surface area contributed by atoms with Crippen LogP contribution in [0.25, 0.3) is 33.4 Å². The van der Waals surface area contributed by atoms with Crippen LogP contribution in [0.3, 0.4) is 0 Å². The van der Waals surface area contributed by atoms with E-state index >= 15 is 0 Å². The highest BCUT2D eigenvalue weighted by Gasteiger charge is 2.28. The summed E-state index contributed by atoms with van der Waals surface area (Å²) in [6, 6.07) is 20.7. The number of aliphatic hydroxyl groups excluding tert-OH is 1. The summed E-state index contributed by atoms with van der Waals surface area (Å²) in [7, 11) is 0. The van der Waals surface area contributed by atoms with E-state index in [1.165, 1.54) is 0 Å². The molecule has 2 aromatic heterocycles. The molecule has 4 nitrogen and oxygen atoms in total. The second-order valence-corrected chi connectivity index (χ2v) is 7.51. The molecule has 0 amide bonds. The maximum absolute atomic E-state index is 10.7. The molecular formula is C24H23N3O. The van der Waals surface area contributed by atoms with Crippen LogP contribution < -0.4 is 0 Å². The Morgan fingerprint density at radius 2 is 1.71 bits per heavy atom. The molecule has 1 aliphatic rings. The van der Waals surface area contributed by atoms with Crippen molar-refractivity contribution in [1.29, 1.82) is 0 Å². The first-order valence-corrected chi connectivity index (χ1v) is 9.97. The Hall–Kier alpha value is -2.98. The molecule has 0 saturated heterocycles. The molecule has 1 aliphatic carbocycles. The molecule has 4 aromatic rings. The van der Waals surface area contributed by atoms with E-state index in [0.717, 1.165) is 59.1 Å². The van der Waals surface area contributed by atoms with Crippen LogP contribution in [0.15, 0.2) is 73.2 Å². The normalized spacial score (nSPS) is 19.8. The lowest BCUT2D eigenvalue weighted by Gasteiger charge is -2.30. The number of fused-ring (bicyclic) bond motifs is 1. The van der Waals surface area contributed by atoms with E-state index in [1.807, 2.05) is 48.9 Å². The van der Waals surface area contributed by atoms with Gasteiger partial charge in [0.15, 0.2) is 0 Å². The van der Waals surface area contributed by atoms with Gasteiger partial charge in [-0.2, -0.15) is 0 Å². The van der Waals surface area contributed by atoms with Crippen molar-refractivity contribution in [2.75, 3.05) is 0 Å². The number of aromatic nitrogens is 3. The van der Waals surface area contributed by atoms with E-state index < -0.39 is 0 Å². The first kappa shape index (κ1) is 17.1. The van der Waals surface area contributed by atoms with Crippen molar-refractivity contribution in [3.05, 3.63) is 73.2 Å². The minimum absolute atomic E-state index is 0.0561. The minimum atomic E-state index is -0.335. The Kier molecular flexibility index (Phi) is 4.41. The summed E-state index contributed by atoms with van der Waals surface area (Å²) < 4.78 is 2.20. The molecule has 0 spiro atoms. The van der Waals surface area contributed by atoms with Crippen molar-refractivity contribution < 1.29 is 5.11 Å². The predicted octanol–water partition coefficient (Wildman–Crippen LogP) is 5.24. The van der Waals surface area contributed by atoms with Gasteiger partial charge in [-0.3, -0.25) is 4.98 Å². The Morgan fingerprint density at radius 1 is 0.857 bits per heavy atom. The third-order valence-electron chi connectivity index (χ3n) is 5.79. The van der Waals surface area contributed by atoms with Crippen LogP contribution in [0.4, 0.5) is 0 Å². The summed E-state index contributed by atoms with van der Waals surface area (Å²) in [5, 5.41) is 11.8. The highest BCUT2D eigenvalue weighted by molar-refractivity contribution is 5.97. The number of aliphatic hydroxyl groups is 1. The van der Waals surface area contributed by atoms with Crippen LogP contribution in [0.1, 0.15) is 31.7 Å². The first-order chi connectivity index (χ1) is 13.8. The molecule has 1 fully saturated rings. The van der Waals surface area contributed by atoms with Gasteiger partial charge in [-0.25, -0.2) is 4.98 Å². The van der Waals surface area contributed by atoms with Gasteiger partial charge >= 0.3 is 0 Å². The standard InChI is InChI=1S/C24H23N3O/c28-22-14-5-4-13-21(22)27-16-26-23(17-8-2-1-3-9-17)24(27)19-10-6-12-20-18(19)11-7-15-25-20/h1-3,6-12,15-16,21-22,28H,4-5,13-14H2/t21-,22-/m0/s1. The molecule has 5 rings (SSSR count). The van der Waals surface area contributed by atoms with Crippen molar-refractivity contribution in [3.8, 4) is 22.5 Å². The highest BCUT2D eigenvalue weighted by atomic mass is 16.3. The quantitative estimate of drug-likeness (QED) is 0.537. The molecule has 28 heavy (non-hydrogen) atoms. The van der Waals surface area contributed by atoms with Crippen molar-refractivity contribution in [2.24, 2.45) is 0 Å². The summed E-state index contributed by atoms with van der Waals surface area (Å²) in [6.45, 7) is 0. The zero-order valence-corrected chi connectivity index (χ0v) is 15.7. The molecule has 140 valence electrons. The lowest BCUT2D eigenvalue weighted by molar-refractivity contribution is 0.0762. The minimum Gasteiger partial charge on any atom is -0.391 e. The largest absolute Gasteiger partial charge is 0.391 e. The lowest BCUT2D eigenvalue weighted by atomic mass is 9.91. The highest BCUT2D eigenvalue weighted by Crippen LogP contribution is 2.39. The van der Waals surface area contributed by atoms with Crippen LogP contribution in [-0.2, 0) is 0 Å². The van der Waals surface area contributed by atoms with Gasteiger partial charge in [0.05, 0.1) is 35.4 Å². The molecule has 1 saturated carbocycles. The fraction of sp³-hybridized carbons (Fsp3) is 0.250. The summed E-state index contributed by atoms with van der Waals surface area (Å²) in [6.07, 6.45) is 7.45. The Morgan fingerprint density at radius 3 is 2.57 bits per heavy atom. The molecule has 0 bridgehead atoms. The monoisotopic (exact) mass is 369 g/mol. The summed E-state index contributed by atoms with van der Waals surface area (Å²) in [5.41, 5.74) is 5.18. The van der Waals surface area contributed by atoms with Crippen molar-refractivity contribution in [3.63, 3.8) is 0 Å².